The second kappa shape index (κ2) is 4.95. The van der Waals surface area contributed by atoms with Gasteiger partial charge in [-0.15, -0.1) is 5.10 Å². The Morgan fingerprint density at radius 2 is 1.94 bits per heavy atom. The molecule has 0 atom stereocenters. The number of anilines is 1. The lowest BCUT2D eigenvalue weighted by molar-refractivity contribution is 0.394. The van der Waals surface area contributed by atoms with E-state index >= 15 is 0 Å². The minimum absolute atomic E-state index is 0.257. The van der Waals surface area contributed by atoms with Crippen molar-refractivity contribution in [3.8, 4) is 11.5 Å². The first-order valence-electron chi connectivity index (χ1n) is 5.50. The summed E-state index contributed by atoms with van der Waals surface area (Å²) in [5.74, 6) is 1.87. The smallest absolute Gasteiger partial charge is 0.239 e. The SMILES string of the molecule is COc1cc(Cn2cnc(N)n2)c(OC)cc1C. The Morgan fingerprint density at radius 1 is 1.22 bits per heavy atom. The van der Waals surface area contributed by atoms with E-state index < -0.39 is 0 Å². The van der Waals surface area contributed by atoms with Crippen molar-refractivity contribution in [3.63, 3.8) is 0 Å². The first-order chi connectivity index (χ1) is 8.63. The number of aromatic nitrogens is 3. The molecule has 0 aliphatic rings. The number of rotatable bonds is 4. The molecule has 1 aromatic heterocycles. The van der Waals surface area contributed by atoms with Crippen LogP contribution in [0.2, 0.25) is 0 Å². The van der Waals surface area contributed by atoms with Crippen molar-refractivity contribution in [2.45, 2.75) is 13.5 Å². The van der Waals surface area contributed by atoms with Gasteiger partial charge in [-0.3, -0.25) is 0 Å². The van der Waals surface area contributed by atoms with Crippen LogP contribution in [-0.2, 0) is 6.54 Å². The summed E-state index contributed by atoms with van der Waals surface area (Å²) in [5.41, 5.74) is 7.47. The lowest BCUT2D eigenvalue weighted by Gasteiger charge is -2.12. The Hall–Kier alpha value is -2.24. The van der Waals surface area contributed by atoms with Gasteiger partial charge in [0.05, 0.1) is 20.8 Å². The van der Waals surface area contributed by atoms with Crippen LogP contribution in [0.4, 0.5) is 5.95 Å². The van der Waals surface area contributed by atoms with Crippen LogP contribution in [0.15, 0.2) is 18.5 Å². The number of benzene rings is 1. The fraction of sp³-hybridized carbons (Fsp3) is 0.333. The van der Waals surface area contributed by atoms with E-state index in [-0.39, 0.29) is 5.95 Å². The highest BCUT2D eigenvalue weighted by atomic mass is 16.5. The highest BCUT2D eigenvalue weighted by Gasteiger charge is 2.10. The lowest BCUT2D eigenvalue weighted by Crippen LogP contribution is -2.04. The molecule has 0 unspecified atom stereocenters. The van der Waals surface area contributed by atoms with Crippen molar-refractivity contribution in [2.24, 2.45) is 0 Å². The summed E-state index contributed by atoms with van der Waals surface area (Å²) in [6.45, 7) is 2.50. The number of nitrogens with zero attached hydrogens (tertiary/aromatic N) is 3. The third-order valence-electron chi connectivity index (χ3n) is 2.68. The van der Waals surface area contributed by atoms with E-state index in [1.54, 1.807) is 25.2 Å². The molecule has 0 amide bonds. The van der Waals surface area contributed by atoms with Crippen LogP contribution in [0.3, 0.4) is 0 Å². The molecule has 18 heavy (non-hydrogen) atoms. The molecule has 0 saturated heterocycles. The second-order valence-electron chi connectivity index (χ2n) is 3.93. The number of nitrogens with two attached hydrogens (primary N) is 1. The van der Waals surface area contributed by atoms with Crippen molar-refractivity contribution >= 4 is 5.95 Å². The zero-order valence-electron chi connectivity index (χ0n) is 10.7. The summed E-state index contributed by atoms with van der Waals surface area (Å²) in [6.07, 6.45) is 1.58. The summed E-state index contributed by atoms with van der Waals surface area (Å²) >= 11 is 0. The quantitative estimate of drug-likeness (QED) is 0.880. The van der Waals surface area contributed by atoms with Gasteiger partial charge in [-0.25, -0.2) is 9.67 Å². The monoisotopic (exact) mass is 248 g/mol. The van der Waals surface area contributed by atoms with E-state index in [9.17, 15) is 0 Å². The molecule has 1 heterocycles. The Bertz CT molecular complexity index is 551. The minimum Gasteiger partial charge on any atom is -0.496 e. The lowest BCUT2D eigenvalue weighted by atomic mass is 10.1. The van der Waals surface area contributed by atoms with Crippen LogP contribution in [0.1, 0.15) is 11.1 Å². The Morgan fingerprint density at radius 3 is 2.50 bits per heavy atom. The zero-order valence-corrected chi connectivity index (χ0v) is 10.7. The fourth-order valence-corrected chi connectivity index (χ4v) is 1.80. The van der Waals surface area contributed by atoms with Gasteiger partial charge in [0.25, 0.3) is 0 Å². The molecule has 2 N–H and O–H groups in total. The standard InChI is InChI=1S/C12H16N4O2/c1-8-4-11(18-3)9(5-10(8)17-2)6-16-7-14-12(13)15-16/h4-5,7H,6H2,1-3H3,(H2,13,15). The van der Waals surface area contributed by atoms with Crippen molar-refractivity contribution < 1.29 is 9.47 Å². The predicted molar refractivity (Wildman–Crippen MR) is 67.8 cm³/mol. The van der Waals surface area contributed by atoms with Crippen molar-refractivity contribution in [3.05, 3.63) is 29.6 Å². The summed E-state index contributed by atoms with van der Waals surface area (Å²) in [6, 6.07) is 3.88. The highest BCUT2D eigenvalue weighted by molar-refractivity contribution is 5.46. The van der Waals surface area contributed by atoms with Gasteiger partial charge in [0.2, 0.25) is 5.95 Å². The van der Waals surface area contributed by atoms with Crippen molar-refractivity contribution in [1.29, 1.82) is 0 Å². The first kappa shape index (κ1) is 12.2. The first-order valence-corrected chi connectivity index (χ1v) is 5.50. The molecule has 2 aromatic rings. The Balaban J connectivity index is 2.36. The number of aryl methyl sites for hydroxylation is 1. The maximum Gasteiger partial charge on any atom is 0.239 e. The normalized spacial score (nSPS) is 10.4. The number of methoxy groups -OCH3 is 2. The molecule has 0 saturated carbocycles. The van der Waals surface area contributed by atoms with Crippen LogP contribution in [-0.4, -0.2) is 29.0 Å². The van der Waals surface area contributed by atoms with Gasteiger partial charge in [0, 0.05) is 5.56 Å². The summed E-state index contributed by atoms with van der Waals surface area (Å²) < 4.78 is 12.3. The maximum absolute atomic E-state index is 5.48. The molecule has 6 heteroatoms. The van der Waals surface area contributed by atoms with Crippen LogP contribution in [0.25, 0.3) is 0 Å². The zero-order chi connectivity index (χ0) is 13.1. The van der Waals surface area contributed by atoms with Gasteiger partial charge in [-0.2, -0.15) is 0 Å². The third-order valence-corrected chi connectivity index (χ3v) is 2.68. The molecule has 2 rings (SSSR count). The van der Waals surface area contributed by atoms with Crippen LogP contribution in [0, 0.1) is 6.92 Å². The average Bonchev–Trinajstić information content (AvgIpc) is 2.76. The summed E-state index contributed by atoms with van der Waals surface area (Å²) in [5, 5.41) is 4.05. The van der Waals surface area contributed by atoms with E-state index in [0.29, 0.717) is 6.54 Å². The third kappa shape index (κ3) is 2.37. The highest BCUT2D eigenvalue weighted by Crippen LogP contribution is 2.28. The van der Waals surface area contributed by atoms with Crippen LogP contribution in [0.5, 0.6) is 11.5 Å². The molecule has 0 bridgehead atoms. The molecule has 0 radical (unpaired) electrons. The van der Waals surface area contributed by atoms with Gasteiger partial charge < -0.3 is 15.2 Å². The molecule has 0 fully saturated rings. The molecule has 0 aliphatic carbocycles. The molecule has 6 nitrogen and oxygen atoms in total. The molecule has 0 spiro atoms. The Kier molecular flexibility index (Phi) is 3.36. The van der Waals surface area contributed by atoms with Crippen molar-refractivity contribution in [2.75, 3.05) is 20.0 Å². The van der Waals surface area contributed by atoms with Crippen LogP contribution < -0.4 is 15.2 Å². The average molecular weight is 248 g/mol. The fourth-order valence-electron chi connectivity index (χ4n) is 1.80. The number of hydrogen-bond donors (Lipinski definition) is 1. The largest absolute Gasteiger partial charge is 0.496 e. The van der Waals surface area contributed by atoms with Gasteiger partial charge in [-0.05, 0) is 24.6 Å². The second-order valence-corrected chi connectivity index (χ2v) is 3.93. The molecule has 1 aromatic carbocycles. The topological polar surface area (TPSA) is 75.2 Å². The molecule has 96 valence electrons. The number of hydrogen-bond acceptors (Lipinski definition) is 5. The molecular weight excluding hydrogens is 232 g/mol. The van der Waals surface area contributed by atoms with Gasteiger partial charge >= 0.3 is 0 Å². The van der Waals surface area contributed by atoms with E-state index in [1.165, 1.54) is 0 Å². The van der Waals surface area contributed by atoms with E-state index in [0.717, 1.165) is 22.6 Å². The maximum atomic E-state index is 5.48. The number of nitrogen functional groups attached to an aromatic ring is 1. The Labute approximate surface area is 105 Å². The predicted octanol–water partition coefficient (Wildman–Crippen LogP) is 1.23. The molecule has 0 aliphatic heterocycles. The van der Waals surface area contributed by atoms with Gasteiger partial charge in [0.1, 0.15) is 17.8 Å². The van der Waals surface area contributed by atoms with E-state index in [1.807, 2.05) is 19.1 Å². The van der Waals surface area contributed by atoms with Crippen LogP contribution >= 0.6 is 0 Å². The van der Waals surface area contributed by atoms with E-state index in [2.05, 4.69) is 10.1 Å². The van der Waals surface area contributed by atoms with Gasteiger partial charge in [-0.1, -0.05) is 0 Å². The van der Waals surface area contributed by atoms with Gasteiger partial charge in [0.15, 0.2) is 0 Å². The molecular formula is C12H16N4O2. The summed E-state index contributed by atoms with van der Waals surface area (Å²) in [4.78, 5) is 3.89. The van der Waals surface area contributed by atoms with Crippen molar-refractivity contribution in [1.82, 2.24) is 14.8 Å². The number of ether oxygens (including phenoxy) is 2. The summed E-state index contributed by atoms with van der Waals surface area (Å²) in [7, 11) is 3.28. The minimum atomic E-state index is 0.257. The van der Waals surface area contributed by atoms with E-state index in [4.69, 9.17) is 15.2 Å².